The third-order valence-electron chi connectivity index (χ3n) is 2.93. The predicted octanol–water partition coefficient (Wildman–Crippen LogP) is 4.60. The van der Waals surface area contributed by atoms with Crippen molar-refractivity contribution in [2.45, 2.75) is 6.92 Å². The zero-order chi connectivity index (χ0) is 12.7. The van der Waals surface area contributed by atoms with Gasteiger partial charge in [-0.15, -0.1) is 0 Å². The SMILES string of the molecule is Cc1ccc2c(c1)[nH]c(=S)n2-c1ccccc1I. The summed E-state index contributed by atoms with van der Waals surface area (Å²) in [5, 5.41) is 0. The van der Waals surface area contributed by atoms with E-state index in [9.17, 15) is 0 Å². The van der Waals surface area contributed by atoms with Crippen molar-refractivity contribution in [3.63, 3.8) is 0 Å². The zero-order valence-corrected chi connectivity index (χ0v) is 12.7. The average Bonchev–Trinajstić information content (AvgIpc) is 2.65. The van der Waals surface area contributed by atoms with Gasteiger partial charge in [0.25, 0.3) is 0 Å². The number of imidazole rings is 1. The molecule has 2 nitrogen and oxygen atoms in total. The Morgan fingerprint density at radius 2 is 1.94 bits per heavy atom. The van der Waals surface area contributed by atoms with E-state index in [4.69, 9.17) is 12.2 Å². The third kappa shape index (κ3) is 1.89. The van der Waals surface area contributed by atoms with E-state index in [1.54, 1.807) is 0 Å². The Morgan fingerprint density at radius 1 is 1.17 bits per heavy atom. The number of para-hydroxylation sites is 1. The minimum Gasteiger partial charge on any atom is -0.330 e. The minimum absolute atomic E-state index is 0.736. The molecule has 4 heteroatoms. The molecular formula is C14H11IN2S. The summed E-state index contributed by atoms with van der Waals surface area (Å²) in [6, 6.07) is 14.6. The van der Waals surface area contributed by atoms with Crippen LogP contribution in [-0.2, 0) is 0 Å². The van der Waals surface area contributed by atoms with Crippen molar-refractivity contribution < 1.29 is 0 Å². The molecule has 0 aliphatic carbocycles. The number of rotatable bonds is 1. The Morgan fingerprint density at radius 3 is 2.72 bits per heavy atom. The lowest BCUT2D eigenvalue weighted by molar-refractivity contribution is 1.06. The van der Waals surface area contributed by atoms with Crippen LogP contribution < -0.4 is 0 Å². The highest BCUT2D eigenvalue weighted by Gasteiger charge is 2.08. The van der Waals surface area contributed by atoms with Crippen LogP contribution in [0, 0.1) is 15.3 Å². The number of nitrogens with one attached hydrogen (secondary N) is 1. The van der Waals surface area contributed by atoms with Gasteiger partial charge in [0.15, 0.2) is 4.77 Å². The maximum absolute atomic E-state index is 5.44. The first-order valence-corrected chi connectivity index (χ1v) is 7.12. The van der Waals surface area contributed by atoms with E-state index in [2.05, 4.69) is 69.4 Å². The van der Waals surface area contributed by atoms with E-state index < -0.39 is 0 Å². The van der Waals surface area contributed by atoms with E-state index >= 15 is 0 Å². The number of aryl methyl sites for hydroxylation is 1. The molecule has 3 rings (SSSR count). The molecule has 0 atom stereocenters. The lowest BCUT2D eigenvalue weighted by Crippen LogP contribution is -1.96. The Labute approximate surface area is 124 Å². The number of nitrogens with zero attached hydrogens (tertiary/aromatic N) is 1. The molecule has 1 heterocycles. The molecule has 18 heavy (non-hydrogen) atoms. The van der Waals surface area contributed by atoms with Crippen LogP contribution in [0.3, 0.4) is 0 Å². The van der Waals surface area contributed by atoms with Gasteiger partial charge in [-0.25, -0.2) is 0 Å². The molecule has 0 unspecified atom stereocenters. The second kappa shape index (κ2) is 4.51. The van der Waals surface area contributed by atoms with Crippen molar-refractivity contribution in [3.05, 3.63) is 56.4 Å². The summed E-state index contributed by atoms with van der Waals surface area (Å²) < 4.78 is 4.01. The molecule has 0 amide bonds. The molecule has 0 aliphatic rings. The number of H-pyrrole nitrogens is 1. The van der Waals surface area contributed by atoms with Crippen LogP contribution in [0.5, 0.6) is 0 Å². The summed E-state index contributed by atoms with van der Waals surface area (Å²) in [5.41, 5.74) is 4.56. The second-order valence-corrected chi connectivity index (χ2v) is 5.79. The number of hydrogen-bond donors (Lipinski definition) is 1. The predicted molar refractivity (Wildman–Crippen MR) is 85.9 cm³/mol. The average molecular weight is 366 g/mol. The van der Waals surface area contributed by atoms with Gasteiger partial charge in [-0.3, -0.25) is 4.57 Å². The van der Waals surface area contributed by atoms with Crippen LogP contribution in [0.1, 0.15) is 5.56 Å². The van der Waals surface area contributed by atoms with Gasteiger partial charge >= 0.3 is 0 Å². The molecule has 1 aromatic heterocycles. The normalized spacial score (nSPS) is 11.0. The Balaban J connectivity index is 2.40. The minimum atomic E-state index is 0.736. The van der Waals surface area contributed by atoms with Crippen LogP contribution in [-0.4, -0.2) is 9.55 Å². The fourth-order valence-corrected chi connectivity index (χ4v) is 3.03. The van der Waals surface area contributed by atoms with E-state index in [1.807, 2.05) is 12.1 Å². The highest BCUT2D eigenvalue weighted by molar-refractivity contribution is 14.1. The number of aromatic amines is 1. The molecule has 0 saturated heterocycles. The second-order valence-electron chi connectivity index (χ2n) is 4.24. The molecule has 0 fully saturated rings. The molecular weight excluding hydrogens is 355 g/mol. The summed E-state index contributed by atoms with van der Waals surface area (Å²) in [4.78, 5) is 3.27. The number of benzene rings is 2. The molecule has 2 aromatic carbocycles. The monoisotopic (exact) mass is 366 g/mol. The lowest BCUT2D eigenvalue weighted by Gasteiger charge is -2.06. The van der Waals surface area contributed by atoms with Gasteiger partial charge < -0.3 is 4.98 Å². The maximum atomic E-state index is 5.44. The maximum Gasteiger partial charge on any atom is 0.182 e. The molecule has 90 valence electrons. The number of aromatic nitrogens is 2. The van der Waals surface area contributed by atoms with Crippen LogP contribution >= 0.6 is 34.8 Å². The van der Waals surface area contributed by atoms with E-state index in [0.717, 1.165) is 21.5 Å². The van der Waals surface area contributed by atoms with E-state index in [0.29, 0.717) is 0 Å². The van der Waals surface area contributed by atoms with Gasteiger partial charge in [-0.2, -0.15) is 0 Å². The highest BCUT2D eigenvalue weighted by Crippen LogP contribution is 2.23. The van der Waals surface area contributed by atoms with Crippen LogP contribution in [0.2, 0.25) is 0 Å². The van der Waals surface area contributed by atoms with Crippen molar-refractivity contribution in [1.82, 2.24) is 9.55 Å². The topological polar surface area (TPSA) is 20.7 Å². The quantitative estimate of drug-likeness (QED) is 0.493. The van der Waals surface area contributed by atoms with Gasteiger partial charge in [0, 0.05) is 3.57 Å². The number of halogens is 1. The van der Waals surface area contributed by atoms with Gasteiger partial charge in [0.05, 0.1) is 16.7 Å². The van der Waals surface area contributed by atoms with Crippen molar-refractivity contribution in [3.8, 4) is 5.69 Å². The van der Waals surface area contributed by atoms with Crippen molar-refractivity contribution in [1.29, 1.82) is 0 Å². The Hall–Kier alpha value is -1.14. The summed E-state index contributed by atoms with van der Waals surface area (Å²) in [6.45, 7) is 2.08. The molecule has 3 aromatic rings. The van der Waals surface area contributed by atoms with Crippen molar-refractivity contribution in [2.75, 3.05) is 0 Å². The molecule has 0 radical (unpaired) electrons. The highest BCUT2D eigenvalue weighted by atomic mass is 127. The summed E-state index contributed by atoms with van der Waals surface area (Å²) in [7, 11) is 0. The molecule has 0 spiro atoms. The van der Waals surface area contributed by atoms with E-state index in [1.165, 1.54) is 9.13 Å². The molecule has 1 N–H and O–H groups in total. The first-order chi connectivity index (χ1) is 8.66. The Bertz CT molecular complexity index is 786. The van der Waals surface area contributed by atoms with Gasteiger partial charge in [-0.05, 0) is 71.6 Å². The van der Waals surface area contributed by atoms with Crippen molar-refractivity contribution >= 4 is 45.8 Å². The fourth-order valence-electron chi connectivity index (χ4n) is 2.10. The molecule has 0 aliphatic heterocycles. The first kappa shape index (κ1) is 11.9. The molecule has 0 saturated carbocycles. The standard InChI is InChI=1S/C14H11IN2S/c1-9-6-7-13-11(8-9)16-14(18)17(13)12-5-3-2-4-10(12)15/h2-8H,1H3,(H,16,18). The van der Waals surface area contributed by atoms with Gasteiger partial charge in [0.1, 0.15) is 0 Å². The number of fused-ring (bicyclic) bond motifs is 1. The number of hydrogen-bond acceptors (Lipinski definition) is 1. The molecule has 0 bridgehead atoms. The Kier molecular flexibility index (Phi) is 2.99. The summed E-state index contributed by atoms with van der Waals surface area (Å²) in [6.07, 6.45) is 0. The van der Waals surface area contributed by atoms with Gasteiger partial charge in [0.2, 0.25) is 0 Å². The van der Waals surface area contributed by atoms with Crippen LogP contribution in [0.15, 0.2) is 42.5 Å². The summed E-state index contributed by atoms with van der Waals surface area (Å²) in [5.74, 6) is 0. The van der Waals surface area contributed by atoms with E-state index in [-0.39, 0.29) is 0 Å². The smallest absolute Gasteiger partial charge is 0.182 e. The van der Waals surface area contributed by atoms with Gasteiger partial charge in [-0.1, -0.05) is 18.2 Å². The zero-order valence-electron chi connectivity index (χ0n) is 9.77. The lowest BCUT2D eigenvalue weighted by atomic mass is 10.2. The largest absolute Gasteiger partial charge is 0.330 e. The first-order valence-electron chi connectivity index (χ1n) is 5.63. The van der Waals surface area contributed by atoms with Crippen LogP contribution in [0.25, 0.3) is 16.7 Å². The van der Waals surface area contributed by atoms with Crippen LogP contribution in [0.4, 0.5) is 0 Å². The summed E-state index contributed by atoms with van der Waals surface area (Å²) >= 11 is 7.78. The van der Waals surface area contributed by atoms with Crippen molar-refractivity contribution in [2.24, 2.45) is 0 Å². The fraction of sp³-hybridized carbons (Fsp3) is 0.0714. The third-order valence-corrected chi connectivity index (χ3v) is 4.13.